The minimum absolute atomic E-state index is 0.387. The molecule has 0 amide bonds. The van der Waals surface area contributed by atoms with Gasteiger partial charge in [0.15, 0.2) is 0 Å². The van der Waals surface area contributed by atoms with Crippen LogP contribution >= 0.6 is 11.8 Å². The van der Waals surface area contributed by atoms with Crippen molar-refractivity contribution in [2.75, 3.05) is 12.8 Å². The molecule has 0 saturated carbocycles. The van der Waals surface area contributed by atoms with Crippen molar-refractivity contribution in [2.24, 2.45) is 0 Å². The molecule has 0 spiro atoms. The van der Waals surface area contributed by atoms with Gasteiger partial charge in [0, 0.05) is 27.9 Å². The lowest BCUT2D eigenvalue weighted by Crippen LogP contribution is -2.02. The summed E-state index contributed by atoms with van der Waals surface area (Å²) < 4.78 is 4.64. The van der Waals surface area contributed by atoms with E-state index >= 15 is 0 Å². The summed E-state index contributed by atoms with van der Waals surface area (Å²) in [6.07, 6.45) is 3.45. The summed E-state index contributed by atoms with van der Waals surface area (Å²) >= 11 is 1.53. The second kappa shape index (κ2) is 5.55. The highest BCUT2D eigenvalue weighted by Gasteiger charge is 2.08. The highest BCUT2D eigenvalue weighted by molar-refractivity contribution is 7.99. The maximum atomic E-state index is 11.3. The Bertz CT molecular complexity index is 558. The predicted octanol–water partition coefficient (Wildman–Crippen LogP) is 2.60. The Morgan fingerprint density at radius 1 is 1.28 bits per heavy atom. The van der Waals surface area contributed by atoms with E-state index in [1.807, 2.05) is 18.2 Å². The highest BCUT2D eigenvalue weighted by Crippen LogP contribution is 2.32. The summed E-state index contributed by atoms with van der Waals surface area (Å²) in [5.41, 5.74) is 6.93. The number of nitrogens with two attached hydrogens (primary N) is 1. The van der Waals surface area contributed by atoms with Crippen molar-refractivity contribution in [1.29, 1.82) is 0 Å². The highest BCUT2D eigenvalue weighted by atomic mass is 32.2. The summed E-state index contributed by atoms with van der Waals surface area (Å²) in [6, 6.07) is 8.93. The second-order valence-corrected chi connectivity index (χ2v) is 4.64. The molecule has 18 heavy (non-hydrogen) atoms. The zero-order valence-electron chi connectivity index (χ0n) is 9.79. The van der Waals surface area contributed by atoms with Gasteiger partial charge in [0.05, 0.1) is 12.7 Å². The molecule has 0 aliphatic heterocycles. The number of esters is 1. The Hall–Kier alpha value is -2.01. The van der Waals surface area contributed by atoms with Crippen LogP contribution in [0, 0.1) is 0 Å². The SMILES string of the molecule is COC(=O)c1ccc(Sc2ccncc2)c(N)c1. The van der Waals surface area contributed by atoms with Crippen LogP contribution in [0.2, 0.25) is 0 Å². The zero-order chi connectivity index (χ0) is 13.0. The van der Waals surface area contributed by atoms with Crippen molar-refractivity contribution in [2.45, 2.75) is 9.79 Å². The van der Waals surface area contributed by atoms with Crippen LogP contribution in [-0.4, -0.2) is 18.1 Å². The number of carbonyl (C=O) groups is 1. The van der Waals surface area contributed by atoms with E-state index in [9.17, 15) is 4.79 Å². The van der Waals surface area contributed by atoms with E-state index in [0.29, 0.717) is 11.3 Å². The molecule has 0 unspecified atom stereocenters. The number of anilines is 1. The van der Waals surface area contributed by atoms with Crippen LogP contribution in [0.1, 0.15) is 10.4 Å². The van der Waals surface area contributed by atoms with Gasteiger partial charge >= 0.3 is 5.97 Å². The number of carbonyl (C=O) groups excluding carboxylic acids is 1. The van der Waals surface area contributed by atoms with E-state index in [4.69, 9.17) is 5.73 Å². The Kier molecular flexibility index (Phi) is 3.84. The summed E-state index contributed by atoms with van der Waals surface area (Å²) in [4.78, 5) is 17.2. The average Bonchev–Trinajstić information content (AvgIpc) is 2.41. The molecular weight excluding hydrogens is 248 g/mol. The van der Waals surface area contributed by atoms with Crippen LogP contribution in [0.3, 0.4) is 0 Å². The van der Waals surface area contributed by atoms with Crippen LogP contribution in [0.25, 0.3) is 0 Å². The number of benzene rings is 1. The Balaban J connectivity index is 2.23. The molecule has 4 nitrogen and oxygen atoms in total. The van der Waals surface area contributed by atoms with Crippen LogP contribution in [-0.2, 0) is 4.74 Å². The predicted molar refractivity (Wildman–Crippen MR) is 70.6 cm³/mol. The van der Waals surface area contributed by atoms with E-state index in [1.54, 1.807) is 24.5 Å². The van der Waals surface area contributed by atoms with Gasteiger partial charge in [0.1, 0.15) is 0 Å². The molecular formula is C13H12N2O2S. The standard InChI is InChI=1S/C13H12N2O2S/c1-17-13(16)9-2-3-12(11(14)8-9)18-10-4-6-15-7-5-10/h2-8H,14H2,1H3. The van der Waals surface area contributed by atoms with Gasteiger partial charge in [-0.1, -0.05) is 11.8 Å². The molecule has 92 valence electrons. The summed E-state index contributed by atoms with van der Waals surface area (Å²) in [5, 5.41) is 0. The van der Waals surface area contributed by atoms with Gasteiger partial charge in [-0.15, -0.1) is 0 Å². The molecule has 2 aromatic rings. The molecule has 1 heterocycles. The topological polar surface area (TPSA) is 65.2 Å². The fraction of sp³-hybridized carbons (Fsp3) is 0.0769. The van der Waals surface area contributed by atoms with Gasteiger partial charge in [-0.05, 0) is 30.3 Å². The molecule has 1 aromatic carbocycles. The number of pyridine rings is 1. The molecule has 0 aliphatic rings. The van der Waals surface area contributed by atoms with Gasteiger partial charge in [0.2, 0.25) is 0 Å². The smallest absolute Gasteiger partial charge is 0.337 e. The van der Waals surface area contributed by atoms with Gasteiger partial charge in [-0.25, -0.2) is 4.79 Å². The summed E-state index contributed by atoms with van der Waals surface area (Å²) in [7, 11) is 1.35. The van der Waals surface area contributed by atoms with Crippen molar-refractivity contribution < 1.29 is 9.53 Å². The molecule has 2 N–H and O–H groups in total. The van der Waals surface area contributed by atoms with Gasteiger partial charge < -0.3 is 10.5 Å². The van der Waals surface area contributed by atoms with Gasteiger partial charge in [-0.2, -0.15) is 0 Å². The average molecular weight is 260 g/mol. The molecule has 0 aliphatic carbocycles. The minimum Gasteiger partial charge on any atom is -0.465 e. The number of aromatic nitrogens is 1. The number of methoxy groups -OCH3 is 1. The second-order valence-electron chi connectivity index (χ2n) is 3.53. The first-order valence-corrected chi connectivity index (χ1v) is 6.08. The first-order valence-electron chi connectivity index (χ1n) is 5.26. The molecule has 2 rings (SSSR count). The largest absolute Gasteiger partial charge is 0.465 e. The maximum absolute atomic E-state index is 11.3. The molecule has 0 atom stereocenters. The van der Waals surface area contributed by atoms with Crippen molar-refractivity contribution in [3.63, 3.8) is 0 Å². The third kappa shape index (κ3) is 2.81. The third-order valence-corrected chi connectivity index (χ3v) is 3.41. The fourth-order valence-electron chi connectivity index (χ4n) is 1.42. The van der Waals surface area contributed by atoms with Crippen LogP contribution in [0.5, 0.6) is 0 Å². The number of ether oxygens (including phenoxy) is 1. The first kappa shape index (κ1) is 12.4. The van der Waals surface area contributed by atoms with E-state index in [-0.39, 0.29) is 5.97 Å². The number of rotatable bonds is 3. The Labute approximate surface area is 109 Å². The van der Waals surface area contributed by atoms with Crippen molar-refractivity contribution in [3.8, 4) is 0 Å². The summed E-state index contributed by atoms with van der Waals surface area (Å²) in [5.74, 6) is -0.387. The number of hydrogen-bond donors (Lipinski definition) is 1. The summed E-state index contributed by atoms with van der Waals surface area (Å²) in [6.45, 7) is 0. The lowest BCUT2D eigenvalue weighted by molar-refractivity contribution is 0.0600. The minimum atomic E-state index is -0.387. The number of nitrogen functional groups attached to an aromatic ring is 1. The molecule has 0 fully saturated rings. The van der Waals surface area contributed by atoms with Crippen LogP contribution in [0.4, 0.5) is 5.69 Å². The zero-order valence-corrected chi connectivity index (χ0v) is 10.6. The third-order valence-electron chi connectivity index (χ3n) is 2.31. The Morgan fingerprint density at radius 3 is 2.61 bits per heavy atom. The van der Waals surface area contributed by atoms with Gasteiger partial charge in [-0.3, -0.25) is 4.98 Å². The van der Waals surface area contributed by atoms with Crippen molar-refractivity contribution in [1.82, 2.24) is 4.98 Å². The van der Waals surface area contributed by atoms with Crippen LogP contribution in [0.15, 0.2) is 52.5 Å². The normalized spacial score (nSPS) is 10.1. The molecule has 0 radical (unpaired) electrons. The molecule has 0 saturated heterocycles. The van der Waals surface area contributed by atoms with Crippen molar-refractivity contribution in [3.05, 3.63) is 48.3 Å². The quantitative estimate of drug-likeness (QED) is 0.678. The van der Waals surface area contributed by atoms with E-state index < -0.39 is 0 Å². The lowest BCUT2D eigenvalue weighted by Gasteiger charge is -2.07. The van der Waals surface area contributed by atoms with Crippen LogP contribution < -0.4 is 5.73 Å². The Morgan fingerprint density at radius 2 is 2.00 bits per heavy atom. The van der Waals surface area contributed by atoms with Crippen molar-refractivity contribution >= 4 is 23.4 Å². The first-order chi connectivity index (χ1) is 8.70. The lowest BCUT2D eigenvalue weighted by atomic mass is 10.2. The molecule has 1 aromatic heterocycles. The monoisotopic (exact) mass is 260 g/mol. The maximum Gasteiger partial charge on any atom is 0.337 e. The number of nitrogens with zero attached hydrogens (tertiary/aromatic N) is 1. The molecule has 5 heteroatoms. The fourth-order valence-corrected chi connectivity index (χ4v) is 2.24. The van der Waals surface area contributed by atoms with E-state index in [2.05, 4.69) is 9.72 Å². The van der Waals surface area contributed by atoms with E-state index in [0.717, 1.165) is 9.79 Å². The van der Waals surface area contributed by atoms with Gasteiger partial charge in [0.25, 0.3) is 0 Å². The van der Waals surface area contributed by atoms with E-state index in [1.165, 1.54) is 18.9 Å². The molecule has 0 bridgehead atoms. The number of hydrogen-bond acceptors (Lipinski definition) is 5.